The van der Waals surface area contributed by atoms with E-state index < -0.39 is 0 Å². The molecule has 1 fully saturated rings. The number of nitrogens with zero attached hydrogens (tertiary/aromatic N) is 1. The summed E-state index contributed by atoms with van der Waals surface area (Å²) < 4.78 is 15.6. The number of benzene rings is 4. The third-order valence-corrected chi connectivity index (χ3v) is 9.00. The van der Waals surface area contributed by atoms with E-state index in [1.165, 1.54) is 85.9 Å². The smallest absolute Gasteiger partial charge is 0.224 e. The molecular formula is C35H30NO2+. The fourth-order valence-corrected chi connectivity index (χ4v) is 7.03. The molecule has 0 saturated heterocycles. The molecule has 0 spiro atoms. The molecule has 0 radical (unpaired) electrons. The number of aromatic nitrogens is 1. The van der Waals surface area contributed by atoms with Crippen LogP contribution in [0.5, 0.6) is 0 Å². The Balaban J connectivity index is 1.56. The summed E-state index contributed by atoms with van der Waals surface area (Å²) >= 11 is 0. The fourth-order valence-electron chi connectivity index (χ4n) is 7.03. The zero-order chi connectivity index (χ0) is 25.5. The Kier molecular flexibility index (Phi) is 4.58. The van der Waals surface area contributed by atoms with E-state index in [1.54, 1.807) is 0 Å². The van der Waals surface area contributed by atoms with Gasteiger partial charge in [0.2, 0.25) is 5.69 Å². The molecule has 3 heteroatoms. The van der Waals surface area contributed by atoms with Crippen molar-refractivity contribution >= 4 is 54.6 Å². The van der Waals surface area contributed by atoms with Gasteiger partial charge in [-0.1, -0.05) is 49.2 Å². The summed E-state index contributed by atoms with van der Waals surface area (Å²) in [6, 6.07) is 23.7. The van der Waals surface area contributed by atoms with E-state index >= 15 is 0 Å². The second-order valence-electron chi connectivity index (χ2n) is 11.2. The lowest BCUT2D eigenvalue weighted by Crippen LogP contribution is -2.32. The standard InChI is InChI=1S/C35H30NO2/c1-20-18-27-24-13-7-9-15-30(24)38-35(27)31(21(20)2)33-26-17-16-25-23-12-6-8-14-29(23)37-34(25)32(26)28(19-36(33)3)22-10-4-5-11-22/h6-9,12-19,22H,4-5,10-11H2,1-3H3/q+1. The fraction of sp³-hybridized carbons (Fsp3) is 0.229. The molecule has 8 rings (SSSR count). The molecule has 38 heavy (non-hydrogen) atoms. The van der Waals surface area contributed by atoms with Gasteiger partial charge < -0.3 is 8.83 Å². The Hall–Kier alpha value is -4.11. The highest BCUT2D eigenvalue weighted by Gasteiger charge is 2.31. The van der Waals surface area contributed by atoms with Gasteiger partial charge in [0, 0.05) is 32.5 Å². The molecule has 0 N–H and O–H groups in total. The van der Waals surface area contributed by atoms with Gasteiger partial charge in [-0.15, -0.1) is 0 Å². The van der Waals surface area contributed by atoms with E-state index in [0.29, 0.717) is 5.92 Å². The maximum Gasteiger partial charge on any atom is 0.224 e. The molecule has 1 aliphatic carbocycles. The van der Waals surface area contributed by atoms with Crippen LogP contribution < -0.4 is 4.57 Å². The number of hydrogen-bond acceptors (Lipinski definition) is 2. The Morgan fingerprint density at radius 2 is 1.34 bits per heavy atom. The molecule has 7 aromatic rings. The number of pyridine rings is 1. The van der Waals surface area contributed by atoms with E-state index in [1.807, 2.05) is 6.07 Å². The highest BCUT2D eigenvalue weighted by Crippen LogP contribution is 2.46. The third kappa shape index (κ3) is 2.93. The second-order valence-corrected chi connectivity index (χ2v) is 11.2. The lowest BCUT2D eigenvalue weighted by Gasteiger charge is -2.16. The van der Waals surface area contributed by atoms with E-state index in [4.69, 9.17) is 8.83 Å². The van der Waals surface area contributed by atoms with Crippen molar-refractivity contribution in [2.45, 2.75) is 45.4 Å². The molecule has 4 aromatic carbocycles. The first kappa shape index (κ1) is 21.9. The topological polar surface area (TPSA) is 30.2 Å². The van der Waals surface area contributed by atoms with Crippen molar-refractivity contribution in [3.8, 4) is 11.3 Å². The van der Waals surface area contributed by atoms with Crippen LogP contribution in [0.1, 0.15) is 48.3 Å². The van der Waals surface area contributed by atoms with Crippen molar-refractivity contribution in [2.24, 2.45) is 7.05 Å². The Morgan fingerprint density at radius 3 is 2.08 bits per heavy atom. The second kappa shape index (κ2) is 7.94. The average molecular weight is 497 g/mol. The van der Waals surface area contributed by atoms with Gasteiger partial charge in [0.15, 0.2) is 6.20 Å². The number of hydrogen-bond donors (Lipinski definition) is 0. The van der Waals surface area contributed by atoms with E-state index in [2.05, 4.69) is 92.3 Å². The Labute approximate surface area is 221 Å². The predicted molar refractivity (Wildman–Crippen MR) is 156 cm³/mol. The van der Waals surface area contributed by atoms with Crippen molar-refractivity contribution in [1.29, 1.82) is 0 Å². The van der Waals surface area contributed by atoms with Crippen LogP contribution in [0.15, 0.2) is 81.8 Å². The van der Waals surface area contributed by atoms with Gasteiger partial charge in [0.1, 0.15) is 29.4 Å². The summed E-state index contributed by atoms with van der Waals surface area (Å²) in [5, 5.41) is 7.23. The van der Waals surface area contributed by atoms with Crippen molar-refractivity contribution in [3.63, 3.8) is 0 Å². The number of para-hydroxylation sites is 2. The lowest BCUT2D eigenvalue weighted by molar-refractivity contribution is -0.659. The molecule has 1 saturated carbocycles. The van der Waals surface area contributed by atoms with Crippen LogP contribution in [0.25, 0.3) is 65.9 Å². The minimum absolute atomic E-state index is 0.557. The SMILES string of the molecule is Cc1cc2c(oc3ccccc32)c(-c2c3ccc4c5ccccc5oc4c3c(C3CCCC3)c[n+]2C)c1C. The highest BCUT2D eigenvalue weighted by atomic mass is 16.3. The van der Waals surface area contributed by atoms with E-state index in [9.17, 15) is 0 Å². The molecule has 0 amide bonds. The number of furan rings is 2. The zero-order valence-electron chi connectivity index (χ0n) is 22.1. The summed E-state index contributed by atoms with van der Waals surface area (Å²) in [6.45, 7) is 4.44. The van der Waals surface area contributed by atoms with Gasteiger partial charge in [-0.25, -0.2) is 4.57 Å². The van der Waals surface area contributed by atoms with Crippen LogP contribution in [-0.4, -0.2) is 0 Å². The lowest BCUT2D eigenvalue weighted by atomic mass is 9.88. The van der Waals surface area contributed by atoms with Gasteiger partial charge in [-0.2, -0.15) is 0 Å². The highest BCUT2D eigenvalue weighted by molar-refractivity contribution is 6.19. The van der Waals surface area contributed by atoms with E-state index in [-0.39, 0.29) is 0 Å². The van der Waals surface area contributed by atoms with Crippen molar-refractivity contribution in [3.05, 3.63) is 89.6 Å². The van der Waals surface area contributed by atoms with Crippen molar-refractivity contribution < 1.29 is 13.4 Å². The van der Waals surface area contributed by atoms with Crippen LogP contribution in [-0.2, 0) is 7.05 Å². The molecule has 3 nitrogen and oxygen atoms in total. The Morgan fingerprint density at radius 1 is 0.711 bits per heavy atom. The van der Waals surface area contributed by atoms with Crippen LogP contribution in [0.2, 0.25) is 0 Å². The van der Waals surface area contributed by atoms with Gasteiger partial charge in [-0.05, 0) is 74.1 Å². The molecule has 186 valence electrons. The first-order chi connectivity index (χ1) is 18.6. The van der Waals surface area contributed by atoms with E-state index in [0.717, 1.165) is 22.3 Å². The number of rotatable bonds is 2. The molecule has 0 aliphatic heterocycles. The molecular weight excluding hydrogens is 466 g/mol. The summed E-state index contributed by atoms with van der Waals surface area (Å²) in [7, 11) is 2.20. The normalized spacial score (nSPS) is 14.7. The largest absolute Gasteiger partial charge is 0.455 e. The van der Waals surface area contributed by atoms with Gasteiger partial charge in [0.05, 0.1) is 10.9 Å². The maximum absolute atomic E-state index is 6.65. The van der Waals surface area contributed by atoms with Crippen LogP contribution >= 0.6 is 0 Å². The molecule has 0 bridgehead atoms. The Bertz CT molecular complexity index is 2070. The summed E-state index contributed by atoms with van der Waals surface area (Å²) in [6.07, 6.45) is 7.45. The molecule has 0 atom stereocenters. The predicted octanol–water partition coefficient (Wildman–Crippen LogP) is 9.40. The molecule has 0 unspecified atom stereocenters. The minimum Gasteiger partial charge on any atom is -0.455 e. The first-order valence-corrected chi connectivity index (χ1v) is 13.8. The molecule has 3 aromatic heterocycles. The quantitative estimate of drug-likeness (QED) is 0.223. The van der Waals surface area contributed by atoms with Gasteiger partial charge in [-0.3, -0.25) is 0 Å². The minimum atomic E-state index is 0.557. The van der Waals surface area contributed by atoms with Crippen molar-refractivity contribution in [1.82, 2.24) is 0 Å². The monoisotopic (exact) mass is 496 g/mol. The molecule has 3 heterocycles. The number of fused-ring (bicyclic) bond motifs is 8. The van der Waals surface area contributed by atoms with Gasteiger partial charge >= 0.3 is 0 Å². The zero-order valence-corrected chi connectivity index (χ0v) is 22.1. The first-order valence-electron chi connectivity index (χ1n) is 13.8. The van der Waals surface area contributed by atoms with Crippen LogP contribution in [0.3, 0.4) is 0 Å². The summed E-state index contributed by atoms with van der Waals surface area (Å²) in [5.41, 5.74) is 10.2. The van der Waals surface area contributed by atoms with Crippen LogP contribution in [0, 0.1) is 13.8 Å². The molecule has 1 aliphatic rings. The average Bonchev–Trinajstić information content (AvgIpc) is 3.67. The van der Waals surface area contributed by atoms with Gasteiger partial charge in [0.25, 0.3) is 0 Å². The summed E-state index contributed by atoms with van der Waals surface area (Å²) in [4.78, 5) is 0. The summed E-state index contributed by atoms with van der Waals surface area (Å²) in [5.74, 6) is 0.557. The maximum atomic E-state index is 6.65. The van der Waals surface area contributed by atoms with Crippen molar-refractivity contribution in [2.75, 3.05) is 0 Å². The third-order valence-electron chi connectivity index (χ3n) is 9.00. The van der Waals surface area contributed by atoms with Crippen LogP contribution in [0.4, 0.5) is 0 Å². The number of aryl methyl sites for hydroxylation is 2.